The number of ketones is 1. The van der Waals surface area contributed by atoms with Gasteiger partial charge in [-0.05, 0) is 19.2 Å². The van der Waals surface area contributed by atoms with Crippen LogP contribution in [0.5, 0.6) is 0 Å². The second kappa shape index (κ2) is 2.60. The largest absolute Gasteiger partial charge is 0.310 e. The van der Waals surface area contributed by atoms with Gasteiger partial charge in [-0.2, -0.15) is 0 Å². The predicted octanol–water partition coefficient (Wildman–Crippen LogP) is 0.269. The van der Waals surface area contributed by atoms with Crippen molar-refractivity contribution in [1.29, 1.82) is 0 Å². The van der Waals surface area contributed by atoms with E-state index in [4.69, 9.17) is 0 Å². The van der Waals surface area contributed by atoms with Crippen molar-refractivity contribution in [3.63, 3.8) is 0 Å². The van der Waals surface area contributed by atoms with Gasteiger partial charge in [0.1, 0.15) is 0 Å². The zero-order valence-corrected chi connectivity index (χ0v) is 5.29. The lowest BCUT2D eigenvalue weighted by Crippen LogP contribution is -2.22. The smallest absolute Gasteiger partial charge is 0.178 e. The van der Waals surface area contributed by atoms with E-state index in [1.165, 1.54) is 0 Å². The molecule has 2 heteroatoms. The highest BCUT2D eigenvalue weighted by atomic mass is 16.1. The van der Waals surface area contributed by atoms with Crippen LogP contribution in [0.4, 0.5) is 0 Å². The summed E-state index contributed by atoms with van der Waals surface area (Å²) in [7, 11) is 1.86. The Morgan fingerprint density at radius 3 is 2.44 bits per heavy atom. The van der Waals surface area contributed by atoms with Gasteiger partial charge in [-0.15, -0.1) is 0 Å². The minimum atomic E-state index is 0.0708. The maximum atomic E-state index is 10.5. The lowest BCUT2D eigenvalue weighted by atomic mass is 10.1. The van der Waals surface area contributed by atoms with Gasteiger partial charge in [0.15, 0.2) is 5.78 Å². The van der Waals surface area contributed by atoms with E-state index in [2.05, 4.69) is 5.32 Å². The maximum Gasteiger partial charge on any atom is 0.178 e. The van der Waals surface area contributed by atoms with Gasteiger partial charge in [0, 0.05) is 6.04 Å². The molecule has 0 fully saturated rings. The van der Waals surface area contributed by atoms with Crippen molar-refractivity contribution in [2.24, 2.45) is 0 Å². The number of hydrogen-bond acceptors (Lipinski definition) is 2. The van der Waals surface area contributed by atoms with Crippen molar-refractivity contribution in [3.8, 4) is 0 Å². The van der Waals surface area contributed by atoms with Crippen molar-refractivity contribution in [3.05, 3.63) is 24.3 Å². The highest BCUT2D eigenvalue weighted by Crippen LogP contribution is 1.96. The Labute approximate surface area is 54.3 Å². The molecule has 0 aromatic rings. The molecule has 0 aromatic carbocycles. The van der Waals surface area contributed by atoms with Gasteiger partial charge < -0.3 is 5.32 Å². The number of rotatable bonds is 1. The summed E-state index contributed by atoms with van der Waals surface area (Å²) in [6.45, 7) is 0. The van der Waals surface area contributed by atoms with E-state index in [1.54, 1.807) is 12.2 Å². The second-order valence-corrected chi connectivity index (χ2v) is 1.94. The van der Waals surface area contributed by atoms with E-state index in [9.17, 15) is 4.79 Å². The van der Waals surface area contributed by atoms with Crippen LogP contribution < -0.4 is 5.32 Å². The summed E-state index contributed by atoms with van der Waals surface area (Å²) in [6.07, 6.45) is 6.81. The van der Waals surface area contributed by atoms with Crippen molar-refractivity contribution >= 4 is 5.78 Å². The molecular formula is C7H9NO. The molecule has 0 heterocycles. The molecular weight excluding hydrogens is 114 g/mol. The SMILES string of the molecule is CNC1C=CC(=O)C=C1. The summed E-state index contributed by atoms with van der Waals surface area (Å²) in [5, 5.41) is 3.00. The van der Waals surface area contributed by atoms with E-state index in [-0.39, 0.29) is 11.8 Å². The number of nitrogens with one attached hydrogen (secondary N) is 1. The van der Waals surface area contributed by atoms with Crippen LogP contribution in [0.1, 0.15) is 0 Å². The zero-order valence-electron chi connectivity index (χ0n) is 5.29. The molecule has 1 N–H and O–H groups in total. The topological polar surface area (TPSA) is 29.1 Å². The lowest BCUT2D eigenvalue weighted by molar-refractivity contribution is -0.110. The molecule has 48 valence electrons. The van der Waals surface area contributed by atoms with Crippen LogP contribution in [0, 0.1) is 0 Å². The van der Waals surface area contributed by atoms with Gasteiger partial charge in [-0.3, -0.25) is 4.79 Å². The van der Waals surface area contributed by atoms with Crippen LogP contribution in [0.2, 0.25) is 0 Å². The van der Waals surface area contributed by atoms with E-state index in [1.807, 2.05) is 19.2 Å². The van der Waals surface area contributed by atoms with E-state index < -0.39 is 0 Å². The Hall–Kier alpha value is -0.890. The van der Waals surface area contributed by atoms with E-state index in [0.717, 1.165) is 0 Å². The molecule has 0 unspecified atom stereocenters. The third-order valence-electron chi connectivity index (χ3n) is 1.27. The molecule has 0 spiro atoms. The van der Waals surface area contributed by atoms with Gasteiger partial charge in [0.2, 0.25) is 0 Å². The zero-order chi connectivity index (χ0) is 6.69. The second-order valence-electron chi connectivity index (χ2n) is 1.94. The average molecular weight is 123 g/mol. The average Bonchev–Trinajstić information content (AvgIpc) is 1.90. The third kappa shape index (κ3) is 1.50. The molecule has 0 bridgehead atoms. The lowest BCUT2D eigenvalue weighted by Gasteiger charge is -2.06. The van der Waals surface area contributed by atoms with Crippen LogP contribution in [-0.2, 0) is 4.79 Å². The first kappa shape index (κ1) is 6.23. The van der Waals surface area contributed by atoms with Gasteiger partial charge in [-0.25, -0.2) is 0 Å². The quantitative estimate of drug-likeness (QED) is 0.542. The maximum absolute atomic E-state index is 10.5. The normalized spacial score (nSPS) is 19.0. The molecule has 2 nitrogen and oxygen atoms in total. The number of likely N-dealkylation sites (N-methyl/N-ethyl adjacent to an activating group) is 1. The van der Waals surface area contributed by atoms with Gasteiger partial charge in [-0.1, -0.05) is 12.2 Å². The Balaban J connectivity index is 2.58. The molecule has 0 aliphatic heterocycles. The number of hydrogen-bond donors (Lipinski definition) is 1. The van der Waals surface area contributed by atoms with Gasteiger partial charge in [0.25, 0.3) is 0 Å². The van der Waals surface area contributed by atoms with Crippen LogP contribution in [-0.4, -0.2) is 18.9 Å². The standard InChI is InChI=1S/C7H9NO/c1-8-6-2-4-7(9)5-3-6/h2-6,8H,1H3. The summed E-state index contributed by atoms with van der Waals surface area (Å²) in [5.41, 5.74) is 0. The van der Waals surface area contributed by atoms with Crippen LogP contribution in [0.25, 0.3) is 0 Å². The molecule has 0 amide bonds. The summed E-state index contributed by atoms with van der Waals surface area (Å²) in [6, 6.07) is 0.239. The van der Waals surface area contributed by atoms with Crippen molar-refractivity contribution in [2.75, 3.05) is 7.05 Å². The van der Waals surface area contributed by atoms with Crippen LogP contribution in [0.3, 0.4) is 0 Å². The fourth-order valence-corrected chi connectivity index (χ4v) is 0.709. The van der Waals surface area contributed by atoms with Gasteiger partial charge in [0.05, 0.1) is 0 Å². The fraction of sp³-hybridized carbons (Fsp3) is 0.286. The fourth-order valence-electron chi connectivity index (χ4n) is 0.709. The van der Waals surface area contributed by atoms with E-state index in [0.29, 0.717) is 0 Å². The first-order valence-electron chi connectivity index (χ1n) is 2.90. The number of carbonyl (C=O) groups is 1. The van der Waals surface area contributed by atoms with Crippen molar-refractivity contribution in [1.82, 2.24) is 5.32 Å². The van der Waals surface area contributed by atoms with Crippen LogP contribution >= 0.6 is 0 Å². The molecule has 9 heavy (non-hydrogen) atoms. The Kier molecular flexibility index (Phi) is 1.80. The summed E-state index contributed by atoms with van der Waals surface area (Å²) < 4.78 is 0. The van der Waals surface area contributed by atoms with Gasteiger partial charge >= 0.3 is 0 Å². The number of carbonyl (C=O) groups excluding carboxylic acids is 1. The Morgan fingerprint density at radius 1 is 1.44 bits per heavy atom. The minimum absolute atomic E-state index is 0.0708. The Morgan fingerprint density at radius 2 is 2.00 bits per heavy atom. The molecule has 0 saturated carbocycles. The highest BCUT2D eigenvalue weighted by Gasteiger charge is 2.01. The first-order chi connectivity index (χ1) is 4.33. The molecule has 0 radical (unpaired) electrons. The predicted molar refractivity (Wildman–Crippen MR) is 36.1 cm³/mol. The minimum Gasteiger partial charge on any atom is -0.310 e. The van der Waals surface area contributed by atoms with Crippen LogP contribution in [0.15, 0.2) is 24.3 Å². The molecule has 1 aliphatic carbocycles. The first-order valence-corrected chi connectivity index (χ1v) is 2.90. The highest BCUT2D eigenvalue weighted by molar-refractivity contribution is 6.00. The summed E-state index contributed by atoms with van der Waals surface area (Å²) in [4.78, 5) is 10.5. The molecule has 0 saturated heterocycles. The summed E-state index contributed by atoms with van der Waals surface area (Å²) >= 11 is 0. The van der Waals surface area contributed by atoms with Crippen molar-refractivity contribution < 1.29 is 4.79 Å². The number of allylic oxidation sites excluding steroid dienone is 2. The molecule has 1 aliphatic rings. The third-order valence-corrected chi connectivity index (χ3v) is 1.27. The summed E-state index contributed by atoms with van der Waals surface area (Å²) in [5.74, 6) is 0.0708. The Bertz CT molecular complexity index is 154. The molecule has 1 rings (SSSR count). The molecule has 0 aromatic heterocycles. The monoisotopic (exact) mass is 123 g/mol. The van der Waals surface area contributed by atoms with E-state index >= 15 is 0 Å². The molecule has 0 atom stereocenters. The van der Waals surface area contributed by atoms with Crippen molar-refractivity contribution in [2.45, 2.75) is 6.04 Å².